The lowest BCUT2D eigenvalue weighted by molar-refractivity contribution is -0.385. The van der Waals surface area contributed by atoms with Crippen LogP contribution in [-0.4, -0.2) is 14.9 Å². The number of anilines is 2. The Hall–Kier alpha value is -3.19. The van der Waals surface area contributed by atoms with Crippen LogP contribution in [-0.2, 0) is 0 Å². The second-order valence-corrected chi connectivity index (χ2v) is 5.13. The molecule has 0 aliphatic heterocycles. The van der Waals surface area contributed by atoms with Gasteiger partial charge in [-0.15, -0.1) is 0 Å². The average molecular weight is 343 g/mol. The maximum Gasteiger partial charge on any atom is 0.289 e. The normalized spacial score (nSPS) is 10.2. The molecule has 0 saturated carbocycles. The third-order valence-corrected chi connectivity index (χ3v) is 3.31. The average Bonchev–Trinajstić information content (AvgIpc) is 2.58. The first-order valence-corrected chi connectivity index (χ1v) is 7.24. The fraction of sp³-hybridized carbons (Fsp3) is 0. The molecule has 0 aliphatic carbocycles. The molecule has 0 bridgehead atoms. The molecule has 0 radical (unpaired) electrons. The van der Waals surface area contributed by atoms with Gasteiger partial charge in [0.2, 0.25) is 0 Å². The molecule has 7 nitrogen and oxygen atoms in total. The Morgan fingerprint density at radius 3 is 2.62 bits per heavy atom. The summed E-state index contributed by atoms with van der Waals surface area (Å²) < 4.78 is 5.71. The number of rotatable bonds is 5. The second-order valence-electron chi connectivity index (χ2n) is 4.72. The van der Waals surface area contributed by atoms with Gasteiger partial charge >= 0.3 is 0 Å². The molecule has 1 aromatic carbocycles. The molecule has 120 valence electrons. The van der Waals surface area contributed by atoms with Gasteiger partial charge in [-0.1, -0.05) is 17.7 Å². The van der Waals surface area contributed by atoms with Gasteiger partial charge < -0.3 is 10.1 Å². The fourth-order valence-electron chi connectivity index (χ4n) is 1.94. The monoisotopic (exact) mass is 342 g/mol. The van der Waals surface area contributed by atoms with Crippen LogP contribution in [0.2, 0.25) is 5.02 Å². The SMILES string of the molecule is O=[N+]([O-])c1cnc(Nc2cccc(Oc3ccncc3)c2)c(Cl)c1. The van der Waals surface area contributed by atoms with Crippen molar-refractivity contribution >= 4 is 28.8 Å². The number of aromatic nitrogens is 2. The predicted octanol–water partition coefficient (Wildman–Crippen LogP) is 4.57. The number of benzene rings is 1. The maximum atomic E-state index is 10.7. The zero-order chi connectivity index (χ0) is 16.9. The molecule has 0 aliphatic rings. The minimum atomic E-state index is -0.550. The summed E-state index contributed by atoms with van der Waals surface area (Å²) in [6.45, 7) is 0. The topological polar surface area (TPSA) is 90.2 Å². The van der Waals surface area contributed by atoms with Gasteiger partial charge in [-0.2, -0.15) is 0 Å². The Bertz CT molecular complexity index is 874. The molecule has 8 heteroatoms. The smallest absolute Gasteiger partial charge is 0.289 e. The summed E-state index contributed by atoms with van der Waals surface area (Å²) in [7, 11) is 0. The summed E-state index contributed by atoms with van der Waals surface area (Å²) in [5.74, 6) is 1.60. The molecule has 0 unspecified atom stereocenters. The highest BCUT2D eigenvalue weighted by Gasteiger charge is 2.11. The summed E-state index contributed by atoms with van der Waals surface area (Å²) in [6, 6.07) is 11.9. The Balaban J connectivity index is 1.78. The number of nitrogens with one attached hydrogen (secondary N) is 1. The Morgan fingerprint density at radius 1 is 1.12 bits per heavy atom. The number of nitro groups is 1. The minimum Gasteiger partial charge on any atom is -0.457 e. The van der Waals surface area contributed by atoms with E-state index in [0.29, 0.717) is 23.0 Å². The number of hydrogen-bond donors (Lipinski definition) is 1. The minimum absolute atomic E-state index is 0.157. The van der Waals surface area contributed by atoms with Crippen LogP contribution >= 0.6 is 11.6 Å². The third kappa shape index (κ3) is 3.76. The highest BCUT2D eigenvalue weighted by molar-refractivity contribution is 6.33. The van der Waals surface area contributed by atoms with E-state index in [4.69, 9.17) is 16.3 Å². The van der Waals surface area contributed by atoms with E-state index in [1.165, 1.54) is 6.07 Å². The lowest BCUT2D eigenvalue weighted by Crippen LogP contribution is -1.97. The molecular weight excluding hydrogens is 332 g/mol. The van der Waals surface area contributed by atoms with E-state index in [1.807, 2.05) is 0 Å². The summed E-state index contributed by atoms with van der Waals surface area (Å²) >= 11 is 6.03. The molecule has 2 heterocycles. The number of ether oxygens (including phenoxy) is 1. The van der Waals surface area contributed by atoms with E-state index in [0.717, 1.165) is 6.20 Å². The van der Waals surface area contributed by atoms with Crippen molar-refractivity contribution in [2.75, 3.05) is 5.32 Å². The Morgan fingerprint density at radius 2 is 1.92 bits per heavy atom. The van der Waals surface area contributed by atoms with Crippen molar-refractivity contribution in [3.05, 3.63) is 76.2 Å². The van der Waals surface area contributed by atoms with Crippen LogP contribution in [0.4, 0.5) is 17.2 Å². The van der Waals surface area contributed by atoms with Gasteiger partial charge in [-0.05, 0) is 24.3 Å². The van der Waals surface area contributed by atoms with E-state index >= 15 is 0 Å². The van der Waals surface area contributed by atoms with Crippen molar-refractivity contribution in [2.45, 2.75) is 0 Å². The van der Waals surface area contributed by atoms with E-state index < -0.39 is 4.92 Å². The predicted molar refractivity (Wildman–Crippen MR) is 89.9 cm³/mol. The first-order valence-electron chi connectivity index (χ1n) is 6.87. The van der Waals surface area contributed by atoms with Crippen LogP contribution in [0.25, 0.3) is 0 Å². The molecular formula is C16H11ClN4O3. The van der Waals surface area contributed by atoms with Crippen LogP contribution < -0.4 is 10.1 Å². The van der Waals surface area contributed by atoms with Crippen LogP contribution in [0.1, 0.15) is 0 Å². The van der Waals surface area contributed by atoms with Crippen molar-refractivity contribution < 1.29 is 9.66 Å². The van der Waals surface area contributed by atoms with E-state index in [9.17, 15) is 10.1 Å². The fourth-order valence-corrected chi connectivity index (χ4v) is 2.14. The second kappa shape index (κ2) is 6.93. The van der Waals surface area contributed by atoms with Crippen LogP contribution in [0.3, 0.4) is 0 Å². The van der Waals surface area contributed by atoms with Crippen molar-refractivity contribution in [1.29, 1.82) is 0 Å². The van der Waals surface area contributed by atoms with E-state index in [-0.39, 0.29) is 10.7 Å². The molecule has 3 aromatic rings. The zero-order valence-corrected chi connectivity index (χ0v) is 13.0. The highest BCUT2D eigenvalue weighted by Crippen LogP contribution is 2.29. The summed E-state index contributed by atoms with van der Waals surface area (Å²) in [4.78, 5) is 18.1. The third-order valence-electron chi connectivity index (χ3n) is 3.02. The summed E-state index contributed by atoms with van der Waals surface area (Å²) in [6.07, 6.45) is 4.42. The number of hydrogen-bond acceptors (Lipinski definition) is 6. The van der Waals surface area contributed by atoms with Crippen LogP contribution in [0.5, 0.6) is 11.5 Å². The molecule has 0 spiro atoms. The first kappa shape index (κ1) is 15.7. The Kier molecular flexibility index (Phi) is 4.53. The van der Waals surface area contributed by atoms with Crippen LogP contribution in [0, 0.1) is 10.1 Å². The van der Waals surface area contributed by atoms with Crippen LogP contribution in [0.15, 0.2) is 61.1 Å². The largest absolute Gasteiger partial charge is 0.457 e. The van der Waals surface area contributed by atoms with Gasteiger partial charge in [0, 0.05) is 30.2 Å². The molecule has 1 N–H and O–H groups in total. The summed E-state index contributed by atoms with van der Waals surface area (Å²) in [5, 5.41) is 13.9. The molecule has 0 amide bonds. The number of pyridine rings is 2. The quantitative estimate of drug-likeness (QED) is 0.539. The standard InChI is InChI=1S/C16H11ClN4O3/c17-15-9-12(21(22)23)10-19-16(15)20-11-2-1-3-14(8-11)24-13-4-6-18-7-5-13/h1-10H,(H,19,20). The molecule has 0 fully saturated rings. The first-order chi connectivity index (χ1) is 11.6. The van der Waals surface area contributed by atoms with Crippen molar-refractivity contribution in [3.63, 3.8) is 0 Å². The molecule has 0 saturated heterocycles. The van der Waals surface area contributed by atoms with Crippen molar-refractivity contribution in [2.24, 2.45) is 0 Å². The summed E-state index contributed by atoms with van der Waals surface area (Å²) in [5.41, 5.74) is 0.519. The molecule has 0 atom stereocenters. The Labute approximate surface area is 142 Å². The number of nitrogens with zero attached hydrogens (tertiary/aromatic N) is 3. The van der Waals surface area contributed by atoms with Gasteiger partial charge in [0.1, 0.15) is 23.5 Å². The van der Waals surface area contributed by atoms with Crippen molar-refractivity contribution in [1.82, 2.24) is 9.97 Å². The van der Waals surface area contributed by atoms with E-state index in [1.54, 1.807) is 48.8 Å². The maximum absolute atomic E-state index is 10.7. The zero-order valence-electron chi connectivity index (χ0n) is 12.2. The van der Waals surface area contributed by atoms with Gasteiger partial charge in [-0.25, -0.2) is 4.98 Å². The lowest BCUT2D eigenvalue weighted by Gasteiger charge is -2.10. The van der Waals surface area contributed by atoms with Gasteiger partial charge in [0.05, 0.1) is 9.95 Å². The van der Waals surface area contributed by atoms with E-state index in [2.05, 4.69) is 15.3 Å². The lowest BCUT2D eigenvalue weighted by atomic mass is 10.3. The van der Waals surface area contributed by atoms with Gasteiger partial charge in [-0.3, -0.25) is 15.1 Å². The highest BCUT2D eigenvalue weighted by atomic mass is 35.5. The van der Waals surface area contributed by atoms with Crippen molar-refractivity contribution in [3.8, 4) is 11.5 Å². The molecule has 3 rings (SSSR count). The molecule has 24 heavy (non-hydrogen) atoms. The van der Waals surface area contributed by atoms with Gasteiger partial charge in [0.15, 0.2) is 0 Å². The molecule has 2 aromatic heterocycles. The van der Waals surface area contributed by atoms with Gasteiger partial charge in [0.25, 0.3) is 5.69 Å². The number of halogens is 1.